The summed E-state index contributed by atoms with van der Waals surface area (Å²) in [6.45, 7) is 2.12. The fraction of sp³-hybridized carbons (Fsp3) is 0.231. The summed E-state index contributed by atoms with van der Waals surface area (Å²) in [7, 11) is 1.47. The van der Waals surface area contributed by atoms with Crippen LogP contribution in [0.4, 0.5) is 0 Å². The van der Waals surface area contributed by atoms with Crippen molar-refractivity contribution in [2.75, 3.05) is 7.11 Å². The average Bonchev–Trinajstić information content (AvgIpc) is 2.81. The molecule has 1 N–H and O–H groups in total. The maximum atomic E-state index is 11.2. The Hall–Kier alpha value is -2.08. The molecule has 0 radical (unpaired) electrons. The molecule has 0 aliphatic carbocycles. The lowest BCUT2D eigenvalue weighted by atomic mass is 10.2. The summed E-state index contributed by atoms with van der Waals surface area (Å²) in [6, 6.07) is 4.75. The lowest BCUT2D eigenvalue weighted by Crippen LogP contribution is -2.05. The topological polar surface area (TPSA) is 68.7 Å². The van der Waals surface area contributed by atoms with Gasteiger partial charge >= 0.3 is 5.97 Å². The Bertz CT molecular complexity index is 594. The van der Waals surface area contributed by atoms with E-state index in [1.165, 1.54) is 24.5 Å². The minimum Gasteiger partial charge on any atom is -0.493 e. The molecule has 2 rings (SSSR count). The molecule has 0 saturated carbocycles. The van der Waals surface area contributed by atoms with Crippen LogP contribution in [0.2, 0.25) is 0 Å². The SMILES string of the molecule is COc1cccc(C(=O)O)c1OCc1csc(C)n1. The zero-order valence-corrected chi connectivity index (χ0v) is 11.4. The minimum absolute atomic E-state index is 0.0753. The van der Waals surface area contributed by atoms with E-state index in [1.54, 1.807) is 12.1 Å². The van der Waals surface area contributed by atoms with Crippen molar-refractivity contribution in [1.82, 2.24) is 4.98 Å². The highest BCUT2D eigenvalue weighted by Crippen LogP contribution is 2.31. The van der Waals surface area contributed by atoms with Crippen molar-refractivity contribution in [3.8, 4) is 11.5 Å². The molecule has 19 heavy (non-hydrogen) atoms. The molecule has 0 bridgehead atoms. The zero-order valence-electron chi connectivity index (χ0n) is 10.5. The third-order valence-electron chi connectivity index (χ3n) is 2.46. The van der Waals surface area contributed by atoms with Gasteiger partial charge in [-0.3, -0.25) is 0 Å². The third kappa shape index (κ3) is 3.03. The number of rotatable bonds is 5. The van der Waals surface area contributed by atoms with E-state index in [1.807, 2.05) is 12.3 Å². The predicted molar refractivity (Wildman–Crippen MR) is 71.1 cm³/mol. The number of methoxy groups -OCH3 is 1. The molecule has 1 aromatic heterocycles. The van der Waals surface area contributed by atoms with Crippen molar-refractivity contribution < 1.29 is 19.4 Å². The van der Waals surface area contributed by atoms with Crippen LogP contribution in [0.15, 0.2) is 23.6 Å². The van der Waals surface area contributed by atoms with Crippen LogP contribution in [0.3, 0.4) is 0 Å². The number of carboxylic acid groups (broad SMARTS) is 1. The van der Waals surface area contributed by atoms with Crippen LogP contribution in [-0.2, 0) is 6.61 Å². The normalized spacial score (nSPS) is 10.2. The molecule has 0 spiro atoms. The van der Waals surface area contributed by atoms with Gasteiger partial charge in [0.2, 0.25) is 0 Å². The number of hydrogen-bond acceptors (Lipinski definition) is 5. The Labute approximate surface area is 114 Å². The lowest BCUT2D eigenvalue weighted by molar-refractivity contribution is 0.0690. The molecular weight excluding hydrogens is 266 g/mol. The molecule has 2 aromatic rings. The summed E-state index contributed by atoms with van der Waals surface area (Å²) < 4.78 is 10.7. The van der Waals surface area contributed by atoms with Crippen molar-refractivity contribution in [2.24, 2.45) is 0 Å². The van der Waals surface area contributed by atoms with E-state index >= 15 is 0 Å². The molecule has 6 heteroatoms. The number of hydrogen-bond donors (Lipinski definition) is 1. The maximum absolute atomic E-state index is 11.2. The number of nitrogens with zero attached hydrogens (tertiary/aromatic N) is 1. The molecule has 0 unspecified atom stereocenters. The fourth-order valence-electron chi connectivity index (χ4n) is 1.61. The summed E-state index contributed by atoms with van der Waals surface area (Å²) in [4.78, 5) is 15.4. The summed E-state index contributed by atoms with van der Waals surface area (Å²) in [5, 5.41) is 12.0. The molecule has 1 heterocycles. The first kappa shape index (κ1) is 13.4. The molecule has 0 amide bonds. The summed E-state index contributed by atoms with van der Waals surface area (Å²) in [5.41, 5.74) is 0.844. The average molecular weight is 279 g/mol. The van der Waals surface area contributed by atoms with E-state index in [9.17, 15) is 4.79 Å². The van der Waals surface area contributed by atoms with E-state index in [2.05, 4.69) is 4.98 Å². The largest absolute Gasteiger partial charge is 0.493 e. The Morgan fingerprint density at radius 3 is 2.84 bits per heavy atom. The lowest BCUT2D eigenvalue weighted by Gasteiger charge is -2.12. The number of thiazole rings is 1. The van der Waals surface area contributed by atoms with Crippen molar-refractivity contribution in [3.05, 3.63) is 39.8 Å². The smallest absolute Gasteiger partial charge is 0.339 e. The quantitative estimate of drug-likeness (QED) is 0.911. The van der Waals surface area contributed by atoms with Crippen molar-refractivity contribution in [3.63, 3.8) is 0 Å². The number of aromatic carboxylic acids is 1. The van der Waals surface area contributed by atoms with Crippen LogP contribution in [-0.4, -0.2) is 23.2 Å². The van der Waals surface area contributed by atoms with Crippen LogP contribution in [0.5, 0.6) is 11.5 Å². The van der Waals surface area contributed by atoms with E-state index in [0.717, 1.165) is 10.7 Å². The zero-order chi connectivity index (χ0) is 13.8. The van der Waals surface area contributed by atoms with Crippen molar-refractivity contribution in [1.29, 1.82) is 0 Å². The molecule has 100 valence electrons. The van der Waals surface area contributed by atoms with E-state index in [0.29, 0.717) is 5.75 Å². The fourth-order valence-corrected chi connectivity index (χ4v) is 2.21. The Kier molecular flexibility index (Phi) is 4.01. The number of benzene rings is 1. The molecule has 0 aliphatic heterocycles. The first-order valence-electron chi connectivity index (χ1n) is 5.56. The highest BCUT2D eigenvalue weighted by Gasteiger charge is 2.16. The Morgan fingerprint density at radius 1 is 1.47 bits per heavy atom. The van der Waals surface area contributed by atoms with E-state index in [-0.39, 0.29) is 17.9 Å². The second-order valence-electron chi connectivity index (χ2n) is 3.79. The number of carboxylic acids is 1. The number of aromatic nitrogens is 1. The van der Waals surface area contributed by atoms with Gasteiger partial charge in [0.05, 0.1) is 17.8 Å². The standard InChI is InChI=1S/C13H13NO4S/c1-8-14-9(7-19-8)6-18-12-10(13(15)16)4-3-5-11(12)17-2/h3-5,7H,6H2,1-2H3,(H,15,16). The van der Waals surface area contributed by atoms with Crippen LogP contribution in [0.25, 0.3) is 0 Å². The molecule has 0 saturated heterocycles. The molecule has 0 aliphatic rings. The van der Waals surface area contributed by atoms with Gasteiger partial charge in [-0.15, -0.1) is 11.3 Å². The van der Waals surface area contributed by atoms with Crippen LogP contribution >= 0.6 is 11.3 Å². The van der Waals surface area contributed by atoms with Gasteiger partial charge < -0.3 is 14.6 Å². The molecule has 5 nitrogen and oxygen atoms in total. The molecule has 1 aromatic carbocycles. The highest BCUT2D eigenvalue weighted by atomic mass is 32.1. The molecular formula is C13H13NO4S. The number of carbonyl (C=O) groups is 1. The van der Waals surface area contributed by atoms with E-state index < -0.39 is 5.97 Å². The van der Waals surface area contributed by atoms with Gasteiger partial charge in [0.1, 0.15) is 12.2 Å². The Morgan fingerprint density at radius 2 is 2.26 bits per heavy atom. The molecule has 0 atom stereocenters. The number of para-hydroxylation sites is 1. The monoisotopic (exact) mass is 279 g/mol. The maximum Gasteiger partial charge on any atom is 0.339 e. The van der Waals surface area contributed by atoms with Gasteiger partial charge in [-0.2, -0.15) is 0 Å². The van der Waals surface area contributed by atoms with Gasteiger partial charge in [-0.05, 0) is 19.1 Å². The number of ether oxygens (including phenoxy) is 2. The number of aryl methyl sites for hydroxylation is 1. The van der Waals surface area contributed by atoms with Gasteiger partial charge in [-0.1, -0.05) is 6.07 Å². The van der Waals surface area contributed by atoms with Gasteiger partial charge in [-0.25, -0.2) is 9.78 Å². The second-order valence-corrected chi connectivity index (χ2v) is 4.85. The Balaban J connectivity index is 2.25. The van der Waals surface area contributed by atoms with Crippen molar-refractivity contribution >= 4 is 17.3 Å². The van der Waals surface area contributed by atoms with E-state index in [4.69, 9.17) is 14.6 Å². The van der Waals surface area contributed by atoms with Gasteiger partial charge in [0.15, 0.2) is 11.5 Å². The second kappa shape index (κ2) is 5.71. The van der Waals surface area contributed by atoms with Crippen LogP contribution in [0.1, 0.15) is 21.1 Å². The van der Waals surface area contributed by atoms with Crippen LogP contribution < -0.4 is 9.47 Å². The summed E-state index contributed by atoms with van der Waals surface area (Å²) in [6.07, 6.45) is 0. The predicted octanol–water partition coefficient (Wildman–Crippen LogP) is 2.74. The first-order valence-corrected chi connectivity index (χ1v) is 6.44. The highest BCUT2D eigenvalue weighted by molar-refractivity contribution is 7.09. The first-order chi connectivity index (χ1) is 9.11. The summed E-state index contributed by atoms with van der Waals surface area (Å²) in [5.74, 6) is -0.432. The third-order valence-corrected chi connectivity index (χ3v) is 3.28. The molecule has 0 fully saturated rings. The van der Waals surface area contributed by atoms with Crippen molar-refractivity contribution in [2.45, 2.75) is 13.5 Å². The summed E-state index contributed by atoms with van der Waals surface area (Å²) >= 11 is 1.52. The van der Waals surface area contributed by atoms with Gasteiger partial charge in [0.25, 0.3) is 0 Å². The minimum atomic E-state index is -1.05. The van der Waals surface area contributed by atoms with Gasteiger partial charge in [0, 0.05) is 5.38 Å². The van der Waals surface area contributed by atoms with Crippen LogP contribution in [0, 0.1) is 6.92 Å².